The third-order valence-electron chi connectivity index (χ3n) is 1.97. The number of rotatable bonds is 3. The molecule has 0 spiro atoms. The number of carbonyl (C=O) groups excluding carboxylic acids is 1. The highest BCUT2D eigenvalue weighted by Crippen LogP contribution is 2.09. The molecule has 0 bridgehead atoms. The molecule has 0 unspecified atom stereocenters. The minimum Gasteiger partial charge on any atom is -0.392 e. The summed E-state index contributed by atoms with van der Waals surface area (Å²) >= 11 is 0. The first-order valence-electron chi connectivity index (χ1n) is 4.43. The monoisotopic (exact) mass is 226 g/mol. The van der Waals surface area contributed by atoms with Crippen LogP contribution in [-0.4, -0.2) is 42.4 Å². The van der Waals surface area contributed by atoms with Crippen LogP contribution in [0.4, 0.5) is 4.39 Å². The van der Waals surface area contributed by atoms with Crippen LogP contribution in [0.15, 0.2) is 0 Å². The lowest BCUT2D eigenvalue weighted by Crippen LogP contribution is -2.42. The van der Waals surface area contributed by atoms with Gasteiger partial charge in [0, 0.05) is 19.5 Å². The van der Waals surface area contributed by atoms with Crippen molar-refractivity contribution in [3.63, 3.8) is 0 Å². The predicted molar refractivity (Wildman–Crippen MR) is 53.2 cm³/mol. The Labute approximate surface area is 88.7 Å². The Balaban J connectivity index is 0.00000169. The molecule has 0 aliphatic carbocycles. The average molecular weight is 227 g/mol. The second-order valence-electron chi connectivity index (χ2n) is 3.39. The number of alkyl halides is 1. The summed E-state index contributed by atoms with van der Waals surface area (Å²) in [4.78, 5) is 11.2. The van der Waals surface area contributed by atoms with Crippen LogP contribution in [0.2, 0.25) is 0 Å². The third kappa shape index (κ3) is 4.21. The summed E-state index contributed by atoms with van der Waals surface area (Å²) in [7, 11) is 0. The van der Waals surface area contributed by atoms with E-state index in [-0.39, 0.29) is 37.8 Å². The quantitative estimate of drug-likeness (QED) is 0.614. The maximum atomic E-state index is 12.6. The molecule has 1 saturated heterocycles. The van der Waals surface area contributed by atoms with Gasteiger partial charge in [-0.2, -0.15) is 0 Å². The lowest BCUT2D eigenvalue weighted by Gasteiger charge is -2.11. The standard InChI is InChI=1S/C8H15FN2O2.ClH/c1-5(12)3-11-8(13)7-2-6(9)4-10-7;/h5-7,10,12H,2-4H2,1H3,(H,11,13);1H/t5-,6+,7-;/m1./s1. The molecule has 14 heavy (non-hydrogen) atoms. The van der Waals surface area contributed by atoms with Gasteiger partial charge >= 0.3 is 0 Å². The van der Waals surface area contributed by atoms with Gasteiger partial charge < -0.3 is 15.7 Å². The van der Waals surface area contributed by atoms with Crippen LogP contribution in [0.1, 0.15) is 13.3 Å². The van der Waals surface area contributed by atoms with Crippen molar-refractivity contribution in [2.24, 2.45) is 0 Å². The zero-order valence-corrected chi connectivity index (χ0v) is 8.81. The predicted octanol–water partition coefficient (Wildman–Crippen LogP) is -0.395. The van der Waals surface area contributed by atoms with E-state index < -0.39 is 18.3 Å². The number of aliphatic hydroxyl groups excluding tert-OH is 1. The molecule has 0 saturated carbocycles. The molecule has 0 radical (unpaired) electrons. The summed E-state index contributed by atoms with van der Waals surface area (Å²) < 4.78 is 12.6. The minimum absolute atomic E-state index is 0. The van der Waals surface area contributed by atoms with Gasteiger partial charge in [-0.3, -0.25) is 4.79 Å². The zero-order chi connectivity index (χ0) is 9.84. The highest BCUT2D eigenvalue weighted by Gasteiger charge is 2.28. The number of halogens is 2. The second-order valence-corrected chi connectivity index (χ2v) is 3.39. The van der Waals surface area contributed by atoms with E-state index in [1.54, 1.807) is 6.92 Å². The van der Waals surface area contributed by atoms with E-state index in [0.717, 1.165) is 0 Å². The number of aliphatic hydroxyl groups is 1. The molecule has 0 aromatic carbocycles. The Kier molecular flexibility index (Phi) is 5.99. The molecule has 3 N–H and O–H groups in total. The largest absolute Gasteiger partial charge is 0.392 e. The molecule has 1 rings (SSSR count). The molecule has 1 heterocycles. The van der Waals surface area contributed by atoms with Crippen LogP contribution in [0.3, 0.4) is 0 Å². The van der Waals surface area contributed by atoms with Gasteiger partial charge in [-0.15, -0.1) is 12.4 Å². The van der Waals surface area contributed by atoms with Gasteiger partial charge in [0.15, 0.2) is 0 Å². The third-order valence-corrected chi connectivity index (χ3v) is 1.97. The molecule has 3 atom stereocenters. The van der Waals surface area contributed by atoms with Crippen molar-refractivity contribution >= 4 is 18.3 Å². The Morgan fingerprint density at radius 2 is 2.43 bits per heavy atom. The summed E-state index contributed by atoms with van der Waals surface area (Å²) in [6.45, 7) is 2.04. The first kappa shape index (κ1) is 13.6. The number of amides is 1. The van der Waals surface area contributed by atoms with Crippen molar-refractivity contribution in [3.05, 3.63) is 0 Å². The van der Waals surface area contributed by atoms with Crippen LogP contribution in [-0.2, 0) is 4.79 Å². The number of hydrogen-bond acceptors (Lipinski definition) is 3. The van der Waals surface area contributed by atoms with Crippen molar-refractivity contribution in [2.45, 2.75) is 31.7 Å². The number of carbonyl (C=O) groups is 1. The van der Waals surface area contributed by atoms with E-state index >= 15 is 0 Å². The summed E-state index contributed by atoms with van der Waals surface area (Å²) in [5, 5.41) is 14.2. The van der Waals surface area contributed by atoms with Gasteiger partial charge in [0.05, 0.1) is 12.1 Å². The molecular weight excluding hydrogens is 211 g/mol. The van der Waals surface area contributed by atoms with Crippen LogP contribution < -0.4 is 10.6 Å². The first-order chi connectivity index (χ1) is 6.09. The van der Waals surface area contributed by atoms with E-state index in [4.69, 9.17) is 5.11 Å². The SMILES string of the molecule is C[C@@H](O)CNC(=O)[C@H]1C[C@H](F)CN1.Cl. The molecule has 6 heteroatoms. The van der Waals surface area contributed by atoms with Gasteiger partial charge in [-0.25, -0.2) is 4.39 Å². The lowest BCUT2D eigenvalue weighted by molar-refractivity contribution is -0.123. The normalized spacial score (nSPS) is 27.9. The Bertz CT molecular complexity index is 192. The van der Waals surface area contributed by atoms with Crippen LogP contribution in [0, 0.1) is 0 Å². The summed E-state index contributed by atoms with van der Waals surface area (Å²) in [6, 6.07) is -0.436. The van der Waals surface area contributed by atoms with Crippen molar-refractivity contribution in [1.29, 1.82) is 0 Å². The number of nitrogens with one attached hydrogen (secondary N) is 2. The fraction of sp³-hybridized carbons (Fsp3) is 0.875. The van der Waals surface area contributed by atoms with Gasteiger partial charge in [0.2, 0.25) is 5.91 Å². The van der Waals surface area contributed by atoms with E-state index in [0.29, 0.717) is 0 Å². The molecule has 0 aromatic heterocycles. The van der Waals surface area contributed by atoms with Crippen LogP contribution in [0.5, 0.6) is 0 Å². The summed E-state index contributed by atoms with van der Waals surface area (Å²) in [5.74, 6) is -0.235. The molecule has 1 aliphatic heterocycles. The van der Waals surface area contributed by atoms with Gasteiger partial charge in [0.1, 0.15) is 6.17 Å². The Morgan fingerprint density at radius 3 is 2.86 bits per heavy atom. The molecular formula is C8H16ClFN2O2. The van der Waals surface area contributed by atoms with Gasteiger partial charge in [-0.05, 0) is 6.92 Å². The molecule has 1 amide bonds. The average Bonchev–Trinajstić information content (AvgIpc) is 2.47. The van der Waals surface area contributed by atoms with E-state index in [2.05, 4.69) is 10.6 Å². The molecule has 1 aliphatic rings. The van der Waals surface area contributed by atoms with Crippen molar-refractivity contribution in [3.8, 4) is 0 Å². The van der Waals surface area contributed by atoms with Crippen molar-refractivity contribution in [1.82, 2.24) is 10.6 Å². The smallest absolute Gasteiger partial charge is 0.237 e. The highest BCUT2D eigenvalue weighted by atomic mass is 35.5. The van der Waals surface area contributed by atoms with Crippen LogP contribution >= 0.6 is 12.4 Å². The lowest BCUT2D eigenvalue weighted by atomic mass is 10.2. The Morgan fingerprint density at radius 1 is 1.79 bits per heavy atom. The fourth-order valence-corrected chi connectivity index (χ4v) is 1.26. The second kappa shape index (κ2) is 6.16. The van der Waals surface area contributed by atoms with E-state index in [1.165, 1.54) is 0 Å². The Hall–Kier alpha value is -0.390. The van der Waals surface area contributed by atoms with E-state index in [1.807, 2.05) is 0 Å². The molecule has 1 fully saturated rings. The van der Waals surface area contributed by atoms with Crippen LogP contribution in [0.25, 0.3) is 0 Å². The topological polar surface area (TPSA) is 61.4 Å². The number of hydrogen-bond donors (Lipinski definition) is 3. The van der Waals surface area contributed by atoms with Gasteiger partial charge in [0.25, 0.3) is 0 Å². The summed E-state index contributed by atoms with van der Waals surface area (Å²) in [6.07, 6.45) is -1.26. The molecule has 0 aromatic rings. The van der Waals surface area contributed by atoms with Crippen molar-refractivity contribution < 1.29 is 14.3 Å². The molecule has 4 nitrogen and oxygen atoms in total. The first-order valence-corrected chi connectivity index (χ1v) is 4.43. The zero-order valence-electron chi connectivity index (χ0n) is 8.00. The van der Waals surface area contributed by atoms with Gasteiger partial charge in [-0.1, -0.05) is 0 Å². The molecule has 84 valence electrons. The minimum atomic E-state index is -0.928. The fourth-order valence-electron chi connectivity index (χ4n) is 1.26. The maximum absolute atomic E-state index is 12.6. The summed E-state index contributed by atoms with van der Waals surface area (Å²) in [5.41, 5.74) is 0. The maximum Gasteiger partial charge on any atom is 0.237 e. The van der Waals surface area contributed by atoms with E-state index in [9.17, 15) is 9.18 Å². The highest BCUT2D eigenvalue weighted by molar-refractivity contribution is 5.85. The van der Waals surface area contributed by atoms with Crippen molar-refractivity contribution in [2.75, 3.05) is 13.1 Å².